The Balaban J connectivity index is 2.29. The molecule has 1 aromatic heterocycles. The first-order chi connectivity index (χ1) is 8.11. The van der Waals surface area contributed by atoms with Crippen LogP contribution in [0.1, 0.15) is 13.8 Å². The molecule has 1 aliphatic heterocycles. The third kappa shape index (κ3) is 2.80. The van der Waals surface area contributed by atoms with Crippen LogP contribution in [-0.4, -0.2) is 39.8 Å². The van der Waals surface area contributed by atoms with Gasteiger partial charge in [0.15, 0.2) is 5.16 Å². The lowest BCUT2D eigenvalue weighted by atomic mass is 10.2. The highest BCUT2D eigenvalue weighted by Crippen LogP contribution is 2.29. The maximum atomic E-state index is 5.83. The molecule has 2 N–H and O–H groups in total. The van der Waals surface area contributed by atoms with Crippen LogP contribution >= 0.6 is 23.5 Å². The number of anilines is 2. The summed E-state index contributed by atoms with van der Waals surface area (Å²) in [5, 5.41) is 1.37. The quantitative estimate of drug-likeness (QED) is 0.656. The summed E-state index contributed by atoms with van der Waals surface area (Å²) in [5.41, 5.74) is 5.83. The molecule has 17 heavy (non-hydrogen) atoms. The van der Waals surface area contributed by atoms with E-state index in [1.807, 2.05) is 24.1 Å². The third-order valence-electron chi connectivity index (χ3n) is 3.07. The molecular weight excluding hydrogens is 252 g/mol. The van der Waals surface area contributed by atoms with Crippen LogP contribution in [0.3, 0.4) is 0 Å². The summed E-state index contributed by atoms with van der Waals surface area (Å²) in [4.78, 5) is 11.1. The molecule has 1 saturated heterocycles. The zero-order valence-corrected chi connectivity index (χ0v) is 12.0. The van der Waals surface area contributed by atoms with Gasteiger partial charge in [-0.05, 0) is 13.2 Å². The lowest BCUT2D eigenvalue weighted by molar-refractivity contribution is 0.616. The summed E-state index contributed by atoms with van der Waals surface area (Å²) in [6.45, 7) is 5.54. The van der Waals surface area contributed by atoms with Gasteiger partial charge in [0.25, 0.3) is 0 Å². The molecule has 0 aromatic carbocycles. The zero-order chi connectivity index (χ0) is 12.4. The number of hydrogen-bond acceptors (Lipinski definition) is 6. The average Bonchev–Trinajstić information content (AvgIpc) is 2.31. The Morgan fingerprint density at radius 1 is 1.47 bits per heavy atom. The minimum Gasteiger partial charge on any atom is -0.383 e. The van der Waals surface area contributed by atoms with Crippen molar-refractivity contribution in [2.24, 2.45) is 0 Å². The van der Waals surface area contributed by atoms with Gasteiger partial charge in [0.1, 0.15) is 11.6 Å². The van der Waals surface area contributed by atoms with E-state index in [4.69, 9.17) is 5.73 Å². The number of nitrogens with zero attached hydrogens (tertiary/aromatic N) is 3. The molecule has 0 radical (unpaired) electrons. The van der Waals surface area contributed by atoms with Gasteiger partial charge in [-0.25, -0.2) is 9.97 Å². The Hall–Kier alpha value is -0.620. The summed E-state index contributed by atoms with van der Waals surface area (Å²) in [6, 6.07) is 2.36. The number of thioether (sulfide) groups is 2. The van der Waals surface area contributed by atoms with Gasteiger partial charge in [-0.2, -0.15) is 11.8 Å². The van der Waals surface area contributed by atoms with Gasteiger partial charge in [-0.3, -0.25) is 0 Å². The Morgan fingerprint density at radius 2 is 2.24 bits per heavy atom. The molecule has 2 rings (SSSR count). The molecule has 0 saturated carbocycles. The first-order valence-corrected chi connectivity index (χ1v) is 7.96. The lowest BCUT2D eigenvalue weighted by Crippen LogP contribution is -2.45. The van der Waals surface area contributed by atoms with E-state index in [0.29, 0.717) is 17.1 Å². The SMILES string of the molecule is CSc1nc(N)cc(N2CCSC(C)C2C)n1. The highest BCUT2D eigenvalue weighted by atomic mass is 32.2. The van der Waals surface area contributed by atoms with Crippen molar-refractivity contribution in [3.63, 3.8) is 0 Å². The highest BCUT2D eigenvalue weighted by molar-refractivity contribution is 8.00. The van der Waals surface area contributed by atoms with Crippen LogP contribution in [0.25, 0.3) is 0 Å². The van der Waals surface area contributed by atoms with Crippen molar-refractivity contribution in [3.8, 4) is 0 Å². The van der Waals surface area contributed by atoms with Crippen LogP contribution in [0.4, 0.5) is 11.6 Å². The van der Waals surface area contributed by atoms with E-state index in [9.17, 15) is 0 Å². The summed E-state index contributed by atoms with van der Waals surface area (Å²) in [7, 11) is 0. The van der Waals surface area contributed by atoms with Crippen molar-refractivity contribution in [2.75, 3.05) is 29.2 Å². The van der Waals surface area contributed by atoms with Crippen molar-refractivity contribution < 1.29 is 0 Å². The number of rotatable bonds is 2. The van der Waals surface area contributed by atoms with Crippen LogP contribution < -0.4 is 10.6 Å². The maximum Gasteiger partial charge on any atom is 0.191 e. The molecule has 2 atom stereocenters. The lowest BCUT2D eigenvalue weighted by Gasteiger charge is -2.38. The molecule has 0 spiro atoms. The zero-order valence-electron chi connectivity index (χ0n) is 10.4. The second kappa shape index (κ2) is 5.35. The second-order valence-electron chi connectivity index (χ2n) is 4.15. The normalized spacial score (nSPS) is 25.0. The van der Waals surface area contributed by atoms with E-state index in [2.05, 4.69) is 28.7 Å². The van der Waals surface area contributed by atoms with Crippen LogP contribution in [0.2, 0.25) is 0 Å². The number of nitrogens with two attached hydrogens (primary N) is 1. The van der Waals surface area contributed by atoms with E-state index < -0.39 is 0 Å². The van der Waals surface area contributed by atoms with E-state index >= 15 is 0 Å². The van der Waals surface area contributed by atoms with E-state index in [0.717, 1.165) is 23.3 Å². The Labute approximate surface area is 111 Å². The van der Waals surface area contributed by atoms with E-state index in [1.54, 1.807) is 0 Å². The van der Waals surface area contributed by atoms with Crippen LogP contribution in [0.5, 0.6) is 0 Å². The molecule has 6 heteroatoms. The molecule has 4 nitrogen and oxygen atoms in total. The first kappa shape index (κ1) is 12.8. The van der Waals surface area contributed by atoms with Crippen molar-refractivity contribution in [2.45, 2.75) is 30.3 Å². The molecule has 2 heterocycles. The van der Waals surface area contributed by atoms with Gasteiger partial charge in [-0.15, -0.1) is 0 Å². The molecule has 2 unspecified atom stereocenters. The maximum absolute atomic E-state index is 5.83. The van der Waals surface area contributed by atoms with Crippen molar-refractivity contribution in [1.29, 1.82) is 0 Å². The largest absolute Gasteiger partial charge is 0.383 e. The first-order valence-electron chi connectivity index (χ1n) is 5.68. The Bertz CT molecular complexity index is 399. The predicted molar refractivity (Wildman–Crippen MR) is 77.0 cm³/mol. The predicted octanol–water partition coefficient (Wildman–Crippen LogP) is 2.11. The monoisotopic (exact) mass is 270 g/mol. The Morgan fingerprint density at radius 3 is 2.94 bits per heavy atom. The summed E-state index contributed by atoms with van der Waals surface area (Å²) < 4.78 is 0. The fourth-order valence-corrected chi connectivity index (χ4v) is 3.41. The summed E-state index contributed by atoms with van der Waals surface area (Å²) in [5.74, 6) is 2.66. The number of hydrogen-bond donors (Lipinski definition) is 1. The van der Waals surface area contributed by atoms with Crippen molar-refractivity contribution >= 4 is 35.2 Å². The third-order valence-corrected chi connectivity index (χ3v) is 4.96. The van der Waals surface area contributed by atoms with Crippen molar-refractivity contribution in [1.82, 2.24) is 9.97 Å². The molecule has 0 aliphatic carbocycles. The molecule has 0 bridgehead atoms. The highest BCUT2D eigenvalue weighted by Gasteiger charge is 2.26. The molecular formula is C11H18N4S2. The number of nitrogen functional groups attached to an aromatic ring is 1. The fraction of sp³-hybridized carbons (Fsp3) is 0.636. The minimum atomic E-state index is 0.484. The standard InChI is InChI=1S/C11H18N4S2/c1-7-8(2)17-5-4-15(7)10-6-9(12)13-11(14-10)16-3/h6-8H,4-5H2,1-3H3,(H2,12,13,14). The topological polar surface area (TPSA) is 55.0 Å². The van der Waals surface area contributed by atoms with E-state index in [1.165, 1.54) is 11.8 Å². The molecule has 94 valence electrons. The Kier molecular flexibility index (Phi) is 4.04. The molecule has 1 aromatic rings. The fourth-order valence-electron chi connectivity index (χ4n) is 1.93. The van der Waals surface area contributed by atoms with Gasteiger partial charge in [-0.1, -0.05) is 18.7 Å². The summed E-state index contributed by atoms with van der Waals surface area (Å²) in [6.07, 6.45) is 1.97. The van der Waals surface area contributed by atoms with Gasteiger partial charge < -0.3 is 10.6 Å². The molecule has 0 amide bonds. The van der Waals surface area contributed by atoms with Crippen molar-refractivity contribution in [3.05, 3.63) is 6.07 Å². The van der Waals surface area contributed by atoms with Crippen LogP contribution in [-0.2, 0) is 0 Å². The second-order valence-corrected chi connectivity index (χ2v) is 6.41. The van der Waals surface area contributed by atoms with Gasteiger partial charge >= 0.3 is 0 Å². The van der Waals surface area contributed by atoms with Crippen LogP contribution in [0, 0.1) is 0 Å². The average molecular weight is 270 g/mol. The van der Waals surface area contributed by atoms with Gasteiger partial charge in [0.05, 0.1) is 0 Å². The van der Waals surface area contributed by atoms with Gasteiger partial charge in [0.2, 0.25) is 0 Å². The van der Waals surface area contributed by atoms with Gasteiger partial charge in [0, 0.05) is 29.7 Å². The summed E-state index contributed by atoms with van der Waals surface area (Å²) >= 11 is 3.55. The minimum absolute atomic E-state index is 0.484. The molecule has 1 fully saturated rings. The number of aromatic nitrogens is 2. The smallest absolute Gasteiger partial charge is 0.191 e. The van der Waals surface area contributed by atoms with E-state index in [-0.39, 0.29) is 0 Å². The molecule has 1 aliphatic rings. The van der Waals surface area contributed by atoms with Crippen LogP contribution in [0.15, 0.2) is 11.2 Å².